The van der Waals surface area contributed by atoms with Crippen LogP contribution < -0.4 is 5.32 Å². The lowest BCUT2D eigenvalue weighted by atomic mass is 9.85. The SMILES string of the molecule is ClC1CNC2=C(C1)c1ccccc1CC2. The molecular weight excluding hydrogens is 206 g/mol. The molecule has 0 amide bonds. The third-order valence-corrected chi connectivity index (χ3v) is 3.62. The molecule has 1 aromatic rings. The van der Waals surface area contributed by atoms with Gasteiger partial charge in [-0.05, 0) is 36.0 Å². The minimum absolute atomic E-state index is 0.245. The van der Waals surface area contributed by atoms with E-state index in [9.17, 15) is 0 Å². The molecule has 3 rings (SSSR count). The van der Waals surface area contributed by atoms with Crippen LogP contribution in [0.3, 0.4) is 0 Å². The van der Waals surface area contributed by atoms with Crippen molar-refractivity contribution >= 4 is 17.2 Å². The van der Waals surface area contributed by atoms with Gasteiger partial charge in [-0.1, -0.05) is 24.3 Å². The zero-order valence-electron chi connectivity index (χ0n) is 8.59. The molecule has 1 aromatic carbocycles. The average Bonchev–Trinajstić information content (AvgIpc) is 2.29. The first-order chi connectivity index (χ1) is 7.34. The molecule has 1 nitrogen and oxygen atoms in total. The molecule has 0 fully saturated rings. The van der Waals surface area contributed by atoms with E-state index in [1.165, 1.54) is 22.4 Å². The summed E-state index contributed by atoms with van der Waals surface area (Å²) < 4.78 is 0. The summed E-state index contributed by atoms with van der Waals surface area (Å²) in [7, 11) is 0. The van der Waals surface area contributed by atoms with Crippen molar-refractivity contribution in [1.29, 1.82) is 0 Å². The Morgan fingerprint density at radius 2 is 2.07 bits per heavy atom. The molecule has 0 saturated heterocycles. The molecule has 1 heterocycles. The number of aryl methyl sites for hydroxylation is 1. The zero-order chi connectivity index (χ0) is 10.3. The van der Waals surface area contributed by atoms with Crippen molar-refractivity contribution < 1.29 is 0 Å². The lowest BCUT2D eigenvalue weighted by Gasteiger charge is -2.30. The van der Waals surface area contributed by atoms with Gasteiger partial charge in [0.2, 0.25) is 0 Å². The third kappa shape index (κ3) is 1.55. The Balaban J connectivity index is 2.09. The topological polar surface area (TPSA) is 12.0 Å². The van der Waals surface area contributed by atoms with Gasteiger partial charge in [0.1, 0.15) is 0 Å². The molecule has 1 aliphatic carbocycles. The van der Waals surface area contributed by atoms with Gasteiger partial charge in [0, 0.05) is 12.2 Å². The fourth-order valence-electron chi connectivity index (χ4n) is 2.56. The molecule has 2 aliphatic rings. The molecular formula is C13H14ClN. The fourth-order valence-corrected chi connectivity index (χ4v) is 2.79. The molecule has 0 radical (unpaired) electrons. The molecule has 1 N–H and O–H groups in total. The van der Waals surface area contributed by atoms with Gasteiger partial charge in [0.25, 0.3) is 0 Å². The number of hydrogen-bond donors (Lipinski definition) is 1. The number of allylic oxidation sites excluding steroid dienone is 2. The Morgan fingerprint density at radius 1 is 1.20 bits per heavy atom. The van der Waals surface area contributed by atoms with Crippen molar-refractivity contribution in [1.82, 2.24) is 5.32 Å². The number of nitrogens with one attached hydrogen (secondary N) is 1. The van der Waals surface area contributed by atoms with Crippen molar-refractivity contribution in [3.63, 3.8) is 0 Å². The Morgan fingerprint density at radius 3 is 3.00 bits per heavy atom. The van der Waals surface area contributed by atoms with Gasteiger partial charge >= 0.3 is 0 Å². The maximum Gasteiger partial charge on any atom is 0.0549 e. The summed E-state index contributed by atoms with van der Waals surface area (Å²) in [6.45, 7) is 0.919. The van der Waals surface area contributed by atoms with E-state index in [0.29, 0.717) is 0 Å². The molecule has 78 valence electrons. The number of fused-ring (bicyclic) bond motifs is 2. The summed E-state index contributed by atoms with van der Waals surface area (Å²) in [5.74, 6) is 0. The van der Waals surface area contributed by atoms with Crippen LogP contribution in [0.25, 0.3) is 5.57 Å². The van der Waals surface area contributed by atoms with Crippen molar-refractivity contribution in [2.45, 2.75) is 24.6 Å². The van der Waals surface area contributed by atoms with Crippen molar-refractivity contribution in [3.05, 3.63) is 41.1 Å². The van der Waals surface area contributed by atoms with Crippen LogP contribution in [0, 0.1) is 0 Å². The molecule has 1 atom stereocenters. The molecule has 0 bridgehead atoms. The smallest absolute Gasteiger partial charge is 0.0549 e. The van der Waals surface area contributed by atoms with E-state index in [4.69, 9.17) is 11.6 Å². The van der Waals surface area contributed by atoms with Crippen molar-refractivity contribution in [2.24, 2.45) is 0 Å². The number of alkyl halides is 1. The van der Waals surface area contributed by atoms with Crippen LogP contribution in [0.15, 0.2) is 30.0 Å². The van der Waals surface area contributed by atoms with Crippen LogP contribution in [0.1, 0.15) is 24.0 Å². The van der Waals surface area contributed by atoms with Gasteiger partial charge in [-0.15, -0.1) is 11.6 Å². The summed E-state index contributed by atoms with van der Waals surface area (Å²) in [5, 5.41) is 3.70. The Bertz CT molecular complexity index is 422. The van der Waals surface area contributed by atoms with Crippen molar-refractivity contribution in [3.8, 4) is 0 Å². The van der Waals surface area contributed by atoms with Crippen LogP contribution in [0.5, 0.6) is 0 Å². The number of rotatable bonds is 0. The van der Waals surface area contributed by atoms with E-state index in [1.54, 1.807) is 0 Å². The first kappa shape index (κ1) is 9.29. The van der Waals surface area contributed by atoms with Gasteiger partial charge in [0.05, 0.1) is 5.38 Å². The second-order valence-corrected chi connectivity index (χ2v) is 4.91. The third-order valence-electron chi connectivity index (χ3n) is 3.31. The lowest BCUT2D eigenvalue weighted by Crippen LogP contribution is -2.31. The fraction of sp³-hybridized carbons (Fsp3) is 0.385. The van der Waals surface area contributed by atoms with Gasteiger partial charge in [0.15, 0.2) is 0 Å². The standard InChI is InChI=1S/C13H14ClN/c14-10-7-12-11-4-2-1-3-9(11)5-6-13(12)15-8-10/h1-4,10,15H,5-8H2. The van der Waals surface area contributed by atoms with Crippen molar-refractivity contribution in [2.75, 3.05) is 6.54 Å². The highest BCUT2D eigenvalue weighted by atomic mass is 35.5. The molecule has 0 aromatic heterocycles. The monoisotopic (exact) mass is 219 g/mol. The van der Waals surface area contributed by atoms with E-state index < -0.39 is 0 Å². The first-order valence-electron chi connectivity index (χ1n) is 5.53. The molecule has 0 spiro atoms. The minimum atomic E-state index is 0.245. The summed E-state index contributed by atoms with van der Waals surface area (Å²) in [4.78, 5) is 0. The summed E-state index contributed by atoms with van der Waals surface area (Å²) in [6.07, 6.45) is 3.33. The van der Waals surface area contributed by atoms with E-state index in [2.05, 4.69) is 29.6 Å². The van der Waals surface area contributed by atoms with E-state index in [1.807, 2.05) is 0 Å². The van der Waals surface area contributed by atoms with Crippen LogP contribution in [0.2, 0.25) is 0 Å². The highest BCUT2D eigenvalue weighted by molar-refractivity contribution is 6.21. The number of halogens is 1. The van der Waals surface area contributed by atoms with E-state index in [0.717, 1.165) is 25.8 Å². The van der Waals surface area contributed by atoms with E-state index >= 15 is 0 Å². The molecule has 2 heteroatoms. The minimum Gasteiger partial charge on any atom is -0.387 e. The highest BCUT2D eigenvalue weighted by Crippen LogP contribution is 2.35. The lowest BCUT2D eigenvalue weighted by molar-refractivity contribution is 0.663. The molecule has 1 unspecified atom stereocenters. The largest absolute Gasteiger partial charge is 0.387 e. The predicted molar refractivity (Wildman–Crippen MR) is 63.9 cm³/mol. The number of benzene rings is 1. The molecule has 0 saturated carbocycles. The second-order valence-electron chi connectivity index (χ2n) is 4.30. The normalized spacial score (nSPS) is 24.2. The maximum absolute atomic E-state index is 6.21. The Kier molecular flexibility index (Phi) is 2.21. The molecule has 1 aliphatic heterocycles. The molecule has 15 heavy (non-hydrogen) atoms. The second kappa shape index (κ2) is 3.57. The zero-order valence-corrected chi connectivity index (χ0v) is 9.35. The highest BCUT2D eigenvalue weighted by Gasteiger charge is 2.24. The van der Waals surface area contributed by atoms with Crippen LogP contribution >= 0.6 is 11.6 Å². The van der Waals surface area contributed by atoms with Crippen LogP contribution in [-0.2, 0) is 6.42 Å². The summed E-state index contributed by atoms with van der Waals surface area (Å²) in [5.41, 5.74) is 5.76. The maximum atomic E-state index is 6.21. The Hall–Kier alpha value is -0.950. The van der Waals surface area contributed by atoms with Gasteiger partial charge in [-0.3, -0.25) is 0 Å². The van der Waals surface area contributed by atoms with E-state index in [-0.39, 0.29) is 5.38 Å². The number of hydrogen-bond acceptors (Lipinski definition) is 1. The first-order valence-corrected chi connectivity index (χ1v) is 5.96. The van der Waals surface area contributed by atoms with Crippen LogP contribution in [-0.4, -0.2) is 11.9 Å². The Labute approximate surface area is 95.1 Å². The summed E-state index contributed by atoms with van der Waals surface area (Å²) >= 11 is 6.21. The van der Waals surface area contributed by atoms with Crippen LogP contribution in [0.4, 0.5) is 0 Å². The average molecular weight is 220 g/mol. The van der Waals surface area contributed by atoms with Gasteiger partial charge < -0.3 is 5.32 Å². The quantitative estimate of drug-likeness (QED) is 0.662. The predicted octanol–water partition coefficient (Wildman–Crippen LogP) is 2.94. The van der Waals surface area contributed by atoms with Gasteiger partial charge in [-0.25, -0.2) is 0 Å². The van der Waals surface area contributed by atoms with Gasteiger partial charge in [-0.2, -0.15) is 0 Å². The summed E-state index contributed by atoms with van der Waals surface area (Å²) in [6, 6.07) is 8.70.